The first-order valence-electron chi connectivity index (χ1n) is 5.54. The molecule has 86 valence electrons. The maximum atomic E-state index is 11.9. The van der Waals surface area contributed by atoms with Crippen LogP contribution in [0, 0.1) is 5.21 Å². The van der Waals surface area contributed by atoms with Crippen molar-refractivity contribution in [3.05, 3.63) is 5.21 Å². The summed E-state index contributed by atoms with van der Waals surface area (Å²) in [6.07, 6.45) is 1.56. The van der Waals surface area contributed by atoms with Crippen LogP contribution in [0.15, 0.2) is 0 Å². The van der Waals surface area contributed by atoms with Crippen molar-refractivity contribution in [2.45, 2.75) is 18.9 Å². The molecule has 2 aliphatic heterocycles. The van der Waals surface area contributed by atoms with Crippen molar-refractivity contribution in [1.82, 2.24) is 4.90 Å². The second kappa shape index (κ2) is 4.08. The molecule has 5 nitrogen and oxygen atoms in total. The summed E-state index contributed by atoms with van der Waals surface area (Å²) in [6.45, 7) is 2.83. The molecule has 1 amide bonds. The van der Waals surface area contributed by atoms with Crippen LogP contribution < -0.4 is 0 Å². The van der Waals surface area contributed by atoms with Crippen molar-refractivity contribution in [1.29, 1.82) is 0 Å². The van der Waals surface area contributed by atoms with Gasteiger partial charge in [0.05, 0.1) is 33.2 Å². The first-order chi connectivity index (χ1) is 7.08. The minimum Gasteiger partial charge on any atom is -0.633 e. The van der Waals surface area contributed by atoms with Gasteiger partial charge in [0, 0.05) is 6.61 Å². The zero-order chi connectivity index (χ0) is 10.9. The largest absolute Gasteiger partial charge is 0.633 e. The van der Waals surface area contributed by atoms with Crippen LogP contribution in [0.2, 0.25) is 0 Å². The van der Waals surface area contributed by atoms with Crippen LogP contribution in [0.1, 0.15) is 12.8 Å². The summed E-state index contributed by atoms with van der Waals surface area (Å²) in [4.78, 5) is 13.7. The quantitative estimate of drug-likeness (QED) is 0.454. The van der Waals surface area contributed by atoms with Gasteiger partial charge in [-0.25, -0.2) is 0 Å². The van der Waals surface area contributed by atoms with Crippen molar-refractivity contribution < 1.29 is 14.2 Å². The summed E-state index contributed by atoms with van der Waals surface area (Å²) in [5.41, 5.74) is 0. The zero-order valence-electron chi connectivity index (χ0n) is 9.15. The van der Waals surface area contributed by atoms with Gasteiger partial charge in [-0.05, 0) is 12.8 Å². The Kier molecular flexibility index (Phi) is 2.95. The Morgan fingerprint density at radius 2 is 2.13 bits per heavy atom. The molecule has 0 aromatic rings. The number of carbonyl (C=O) groups excluding carboxylic acids is 1. The maximum absolute atomic E-state index is 11.9. The average molecular weight is 214 g/mol. The highest BCUT2D eigenvalue weighted by atomic mass is 16.5. The summed E-state index contributed by atoms with van der Waals surface area (Å²) >= 11 is 0. The average Bonchev–Trinajstić information content (AvgIpc) is 2.69. The number of quaternary nitrogens is 1. The van der Waals surface area contributed by atoms with E-state index in [1.54, 1.807) is 11.9 Å². The topological polar surface area (TPSA) is 52.6 Å². The Balaban J connectivity index is 1.87. The number of carbonyl (C=O) groups is 1. The van der Waals surface area contributed by atoms with Gasteiger partial charge in [0.25, 0.3) is 5.91 Å². The van der Waals surface area contributed by atoms with E-state index in [2.05, 4.69) is 0 Å². The molecule has 0 spiro atoms. The third-order valence-electron chi connectivity index (χ3n) is 3.20. The molecule has 0 bridgehead atoms. The molecule has 2 aliphatic rings. The maximum Gasteiger partial charge on any atom is 0.252 e. The second-order valence-corrected chi connectivity index (χ2v) is 4.57. The molecule has 2 saturated heterocycles. The number of hydroxylamine groups is 3. The number of hydrogen-bond acceptors (Lipinski definition) is 3. The number of hydrogen-bond donors (Lipinski definition) is 0. The number of piperazine rings is 1. The molecule has 5 heteroatoms. The van der Waals surface area contributed by atoms with Gasteiger partial charge < -0.3 is 19.5 Å². The highest BCUT2D eigenvalue weighted by Crippen LogP contribution is 2.16. The van der Waals surface area contributed by atoms with Crippen molar-refractivity contribution in [3.8, 4) is 0 Å². The van der Waals surface area contributed by atoms with E-state index >= 15 is 0 Å². The molecule has 2 heterocycles. The number of amides is 1. The molecule has 0 saturated carbocycles. The smallest absolute Gasteiger partial charge is 0.252 e. The monoisotopic (exact) mass is 214 g/mol. The summed E-state index contributed by atoms with van der Waals surface area (Å²) < 4.78 is 5.12. The van der Waals surface area contributed by atoms with Crippen molar-refractivity contribution in [2.24, 2.45) is 0 Å². The van der Waals surface area contributed by atoms with Crippen LogP contribution in [0.4, 0.5) is 0 Å². The van der Waals surface area contributed by atoms with Crippen LogP contribution >= 0.6 is 0 Å². The van der Waals surface area contributed by atoms with Crippen LogP contribution in [0.5, 0.6) is 0 Å². The fourth-order valence-electron chi connectivity index (χ4n) is 2.08. The predicted octanol–water partition coefficient (Wildman–Crippen LogP) is -0.0480. The molecule has 0 N–H and O–H groups in total. The van der Waals surface area contributed by atoms with Crippen LogP contribution in [-0.4, -0.2) is 61.4 Å². The van der Waals surface area contributed by atoms with Gasteiger partial charge in [-0.15, -0.1) is 0 Å². The fraction of sp³-hybridized carbons (Fsp3) is 0.900. The van der Waals surface area contributed by atoms with E-state index in [9.17, 15) is 10.0 Å². The Labute approximate surface area is 89.8 Å². The molecule has 0 radical (unpaired) electrons. The third-order valence-corrected chi connectivity index (χ3v) is 3.20. The molecule has 15 heavy (non-hydrogen) atoms. The molecular formula is C10H18N2O3. The number of likely N-dealkylation sites (N-methyl/N-ethyl adjacent to an activating group) is 1. The van der Waals surface area contributed by atoms with Gasteiger partial charge >= 0.3 is 0 Å². The SMILES string of the molecule is C[N+]1([O-])CCN(C(=O)C2CCCO2)CC1. The van der Waals surface area contributed by atoms with E-state index in [0.717, 1.165) is 12.8 Å². The number of ether oxygens (including phenoxy) is 1. The molecule has 0 aromatic carbocycles. The Morgan fingerprint density at radius 1 is 1.47 bits per heavy atom. The van der Waals surface area contributed by atoms with E-state index in [0.29, 0.717) is 32.8 Å². The standard InChI is InChI=1S/C10H18N2O3/c1-12(14)6-4-11(5-7-12)10(13)9-3-2-8-15-9/h9H,2-8H2,1H3. The van der Waals surface area contributed by atoms with Crippen LogP contribution in [-0.2, 0) is 9.53 Å². The molecule has 0 aromatic heterocycles. The normalized spacial score (nSPS) is 30.5. The second-order valence-electron chi connectivity index (χ2n) is 4.57. The first kappa shape index (κ1) is 10.9. The lowest BCUT2D eigenvalue weighted by molar-refractivity contribution is -0.864. The highest BCUT2D eigenvalue weighted by molar-refractivity contribution is 5.81. The summed E-state index contributed by atoms with van der Waals surface area (Å²) in [5.74, 6) is 0.0761. The molecule has 2 fully saturated rings. The summed E-state index contributed by atoms with van der Waals surface area (Å²) in [7, 11) is 1.66. The van der Waals surface area contributed by atoms with Crippen LogP contribution in [0.25, 0.3) is 0 Å². The zero-order valence-corrected chi connectivity index (χ0v) is 9.15. The molecule has 2 rings (SSSR count). The fourth-order valence-corrected chi connectivity index (χ4v) is 2.08. The van der Waals surface area contributed by atoms with Gasteiger partial charge in [-0.1, -0.05) is 0 Å². The number of rotatable bonds is 1. The van der Waals surface area contributed by atoms with Crippen molar-refractivity contribution >= 4 is 5.91 Å². The Bertz CT molecular complexity index is 239. The molecule has 1 unspecified atom stereocenters. The summed E-state index contributed by atoms with van der Waals surface area (Å²) in [6, 6.07) is 0. The molecule has 1 atom stereocenters. The van der Waals surface area contributed by atoms with E-state index in [1.807, 2.05) is 0 Å². The molecular weight excluding hydrogens is 196 g/mol. The lowest BCUT2D eigenvalue weighted by atomic mass is 10.2. The minimum atomic E-state index is -0.242. The molecule has 0 aliphatic carbocycles. The van der Waals surface area contributed by atoms with Crippen molar-refractivity contribution in [2.75, 3.05) is 39.8 Å². The van der Waals surface area contributed by atoms with Gasteiger partial charge in [0.1, 0.15) is 6.10 Å². The lowest BCUT2D eigenvalue weighted by Crippen LogP contribution is -2.56. The van der Waals surface area contributed by atoms with Gasteiger partial charge in [-0.2, -0.15) is 0 Å². The minimum absolute atomic E-state index is 0.0761. The van der Waals surface area contributed by atoms with Crippen molar-refractivity contribution in [3.63, 3.8) is 0 Å². The Morgan fingerprint density at radius 3 is 2.67 bits per heavy atom. The van der Waals surface area contributed by atoms with Gasteiger partial charge in [0.15, 0.2) is 0 Å². The van der Waals surface area contributed by atoms with Gasteiger partial charge in [-0.3, -0.25) is 4.79 Å². The van der Waals surface area contributed by atoms with E-state index in [1.165, 1.54) is 0 Å². The predicted molar refractivity (Wildman–Crippen MR) is 54.8 cm³/mol. The van der Waals surface area contributed by atoms with Crippen LogP contribution in [0.3, 0.4) is 0 Å². The van der Waals surface area contributed by atoms with Gasteiger partial charge in [0.2, 0.25) is 0 Å². The van der Waals surface area contributed by atoms with E-state index < -0.39 is 0 Å². The Hall–Kier alpha value is -0.650. The first-order valence-corrected chi connectivity index (χ1v) is 5.54. The lowest BCUT2D eigenvalue weighted by Gasteiger charge is -2.45. The van der Waals surface area contributed by atoms with E-state index in [-0.39, 0.29) is 16.7 Å². The third kappa shape index (κ3) is 2.48. The highest BCUT2D eigenvalue weighted by Gasteiger charge is 2.31. The van der Waals surface area contributed by atoms with E-state index in [4.69, 9.17) is 4.74 Å². The number of nitrogens with zero attached hydrogens (tertiary/aromatic N) is 2. The summed E-state index contributed by atoms with van der Waals surface area (Å²) in [5, 5.41) is 11.6.